The zero-order chi connectivity index (χ0) is 14.4. The Balaban J connectivity index is 3.72. The molecule has 8 heteroatoms. The zero-order valence-electron chi connectivity index (χ0n) is 10.0. The maximum Gasteiger partial charge on any atom is 0.453 e. The van der Waals surface area contributed by atoms with Crippen molar-refractivity contribution in [2.24, 2.45) is 0 Å². The second kappa shape index (κ2) is 7.16. The van der Waals surface area contributed by atoms with Crippen molar-refractivity contribution in [2.45, 2.75) is 44.9 Å². The van der Waals surface area contributed by atoms with E-state index in [0.29, 0.717) is 0 Å². The van der Waals surface area contributed by atoms with Crippen LogP contribution in [0.4, 0.5) is 22.0 Å². The third kappa shape index (κ3) is 7.03. The molecule has 0 aliphatic carbocycles. The molecule has 18 heavy (non-hydrogen) atoms. The summed E-state index contributed by atoms with van der Waals surface area (Å²) < 4.78 is 65.0. The van der Waals surface area contributed by atoms with Gasteiger partial charge in [0.15, 0.2) is 0 Å². The number of thioether (sulfide) groups is 1. The molecular formula is C10H15F5O2S. The summed E-state index contributed by atoms with van der Waals surface area (Å²) in [5, 5.41) is 0. The lowest BCUT2D eigenvalue weighted by atomic mass is 10.2. The lowest BCUT2D eigenvalue weighted by molar-refractivity contribution is -0.284. The number of esters is 1. The Morgan fingerprint density at radius 3 is 2.22 bits per heavy atom. The van der Waals surface area contributed by atoms with Crippen LogP contribution in [0.1, 0.15) is 26.7 Å². The molecule has 0 unspecified atom stereocenters. The van der Waals surface area contributed by atoms with Crippen LogP contribution < -0.4 is 0 Å². The van der Waals surface area contributed by atoms with Gasteiger partial charge in [-0.1, -0.05) is 0 Å². The van der Waals surface area contributed by atoms with E-state index in [1.807, 2.05) is 0 Å². The van der Waals surface area contributed by atoms with E-state index in [-0.39, 0.29) is 24.0 Å². The van der Waals surface area contributed by atoms with E-state index in [2.05, 4.69) is 0 Å². The van der Waals surface area contributed by atoms with Gasteiger partial charge in [0.2, 0.25) is 0 Å². The van der Waals surface area contributed by atoms with Gasteiger partial charge < -0.3 is 4.74 Å². The van der Waals surface area contributed by atoms with Crippen LogP contribution >= 0.6 is 11.8 Å². The van der Waals surface area contributed by atoms with E-state index in [9.17, 15) is 26.7 Å². The maximum absolute atomic E-state index is 12.5. The summed E-state index contributed by atoms with van der Waals surface area (Å²) in [5.74, 6) is -5.15. The Bertz CT molecular complexity index is 265. The summed E-state index contributed by atoms with van der Waals surface area (Å²) in [7, 11) is 0. The number of carbonyl (C=O) groups is 1. The molecule has 0 spiro atoms. The Hall–Kier alpha value is -0.530. The molecule has 0 aliphatic rings. The smallest absolute Gasteiger partial charge is 0.453 e. The Labute approximate surface area is 106 Å². The largest absolute Gasteiger partial charge is 0.462 e. The molecule has 0 fully saturated rings. The molecule has 0 atom stereocenters. The molecule has 0 saturated heterocycles. The molecule has 0 radical (unpaired) electrons. The number of hydrogen-bond donors (Lipinski definition) is 0. The second-order valence-corrected chi connectivity index (χ2v) is 5.00. The standard InChI is InChI=1S/C10H15F5O2S/c1-7(2)17-8(16)6-18-5-3-4-9(11,12)10(13,14)15/h7H,3-6H2,1-2H3. The number of halogens is 5. The monoisotopic (exact) mass is 294 g/mol. The van der Waals surface area contributed by atoms with Crippen molar-refractivity contribution in [3.8, 4) is 0 Å². The average Bonchev–Trinajstić information content (AvgIpc) is 2.13. The minimum Gasteiger partial charge on any atom is -0.462 e. The van der Waals surface area contributed by atoms with Gasteiger partial charge >= 0.3 is 18.1 Å². The van der Waals surface area contributed by atoms with Crippen molar-refractivity contribution >= 4 is 17.7 Å². The third-order valence-electron chi connectivity index (χ3n) is 1.78. The summed E-state index contributed by atoms with van der Waals surface area (Å²) in [6, 6.07) is 0. The Kier molecular flexibility index (Phi) is 6.94. The molecule has 0 aromatic rings. The van der Waals surface area contributed by atoms with E-state index >= 15 is 0 Å². The number of ether oxygens (including phenoxy) is 1. The summed E-state index contributed by atoms with van der Waals surface area (Å²) in [6.45, 7) is 3.32. The van der Waals surface area contributed by atoms with Gasteiger partial charge in [0, 0.05) is 6.42 Å². The van der Waals surface area contributed by atoms with Crippen LogP contribution in [0, 0.1) is 0 Å². The highest BCUT2D eigenvalue weighted by atomic mass is 32.2. The molecule has 0 bridgehead atoms. The van der Waals surface area contributed by atoms with E-state index in [1.54, 1.807) is 13.8 Å². The van der Waals surface area contributed by atoms with Crippen molar-refractivity contribution in [3.63, 3.8) is 0 Å². The highest BCUT2D eigenvalue weighted by Crippen LogP contribution is 2.38. The molecule has 0 N–H and O–H groups in total. The summed E-state index contributed by atoms with van der Waals surface area (Å²) in [6.07, 6.45) is -7.35. The molecule has 0 aromatic carbocycles. The van der Waals surface area contributed by atoms with Crippen LogP contribution in [0.15, 0.2) is 0 Å². The molecule has 0 amide bonds. The fraction of sp³-hybridized carbons (Fsp3) is 0.900. The van der Waals surface area contributed by atoms with Gasteiger partial charge in [-0.15, -0.1) is 0 Å². The summed E-state index contributed by atoms with van der Waals surface area (Å²) >= 11 is 0.979. The SMILES string of the molecule is CC(C)OC(=O)CSCCCC(F)(F)C(F)(F)F. The predicted octanol–water partition coefficient (Wildman–Crippen LogP) is 3.65. The number of hydrogen-bond acceptors (Lipinski definition) is 3. The third-order valence-corrected chi connectivity index (χ3v) is 2.80. The van der Waals surface area contributed by atoms with Crippen LogP contribution in [0.5, 0.6) is 0 Å². The van der Waals surface area contributed by atoms with Gasteiger partial charge in [-0.25, -0.2) is 0 Å². The van der Waals surface area contributed by atoms with Gasteiger partial charge in [-0.2, -0.15) is 33.7 Å². The molecule has 0 aromatic heterocycles. The van der Waals surface area contributed by atoms with Gasteiger partial charge in [-0.05, 0) is 26.0 Å². The summed E-state index contributed by atoms with van der Waals surface area (Å²) in [5.41, 5.74) is 0. The van der Waals surface area contributed by atoms with Crippen LogP contribution in [-0.4, -0.2) is 35.7 Å². The van der Waals surface area contributed by atoms with Gasteiger partial charge in [0.25, 0.3) is 0 Å². The molecule has 2 nitrogen and oxygen atoms in total. The van der Waals surface area contributed by atoms with Crippen molar-refractivity contribution in [1.29, 1.82) is 0 Å². The predicted molar refractivity (Wildman–Crippen MR) is 58.8 cm³/mol. The van der Waals surface area contributed by atoms with E-state index in [1.165, 1.54) is 0 Å². The number of carbonyl (C=O) groups excluding carboxylic acids is 1. The maximum atomic E-state index is 12.5. The highest BCUT2D eigenvalue weighted by molar-refractivity contribution is 7.99. The van der Waals surface area contributed by atoms with Crippen LogP contribution in [0.25, 0.3) is 0 Å². The normalized spacial score (nSPS) is 12.9. The molecule has 0 aliphatic heterocycles. The van der Waals surface area contributed by atoms with E-state index in [0.717, 1.165) is 11.8 Å². The van der Waals surface area contributed by atoms with Gasteiger partial charge in [0.1, 0.15) is 0 Å². The van der Waals surface area contributed by atoms with Crippen molar-refractivity contribution in [2.75, 3.05) is 11.5 Å². The highest BCUT2D eigenvalue weighted by Gasteiger charge is 2.56. The average molecular weight is 294 g/mol. The van der Waals surface area contributed by atoms with Gasteiger partial charge in [0.05, 0.1) is 11.9 Å². The quantitative estimate of drug-likeness (QED) is 0.407. The van der Waals surface area contributed by atoms with Crippen molar-refractivity contribution < 1.29 is 31.5 Å². The summed E-state index contributed by atoms with van der Waals surface area (Å²) in [4.78, 5) is 11.0. The molecular weight excluding hydrogens is 279 g/mol. The molecule has 0 rings (SSSR count). The van der Waals surface area contributed by atoms with Crippen LogP contribution in [0.3, 0.4) is 0 Å². The Morgan fingerprint density at radius 1 is 1.22 bits per heavy atom. The van der Waals surface area contributed by atoms with E-state index in [4.69, 9.17) is 4.74 Å². The minimum absolute atomic E-state index is 0.0459. The van der Waals surface area contributed by atoms with Crippen LogP contribution in [-0.2, 0) is 9.53 Å². The number of alkyl halides is 5. The van der Waals surface area contributed by atoms with Gasteiger partial charge in [-0.3, -0.25) is 4.79 Å². The first-order chi connectivity index (χ1) is 8.06. The fourth-order valence-electron chi connectivity index (χ4n) is 0.990. The van der Waals surface area contributed by atoms with Crippen molar-refractivity contribution in [1.82, 2.24) is 0 Å². The minimum atomic E-state index is -5.51. The van der Waals surface area contributed by atoms with Crippen LogP contribution in [0.2, 0.25) is 0 Å². The molecule has 0 saturated carbocycles. The molecule has 108 valence electrons. The number of rotatable bonds is 7. The first-order valence-corrected chi connectivity index (χ1v) is 6.43. The Morgan fingerprint density at radius 2 is 1.78 bits per heavy atom. The lowest BCUT2D eigenvalue weighted by Gasteiger charge is -2.19. The van der Waals surface area contributed by atoms with Crippen molar-refractivity contribution in [3.05, 3.63) is 0 Å². The lowest BCUT2D eigenvalue weighted by Crippen LogP contribution is -2.36. The zero-order valence-corrected chi connectivity index (χ0v) is 10.8. The first-order valence-electron chi connectivity index (χ1n) is 5.28. The first kappa shape index (κ1) is 17.5. The van der Waals surface area contributed by atoms with E-state index < -0.39 is 24.5 Å². The second-order valence-electron chi connectivity index (χ2n) is 3.90. The molecule has 0 heterocycles. The topological polar surface area (TPSA) is 26.3 Å². The fourth-order valence-corrected chi connectivity index (χ4v) is 1.72.